The van der Waals surface area contributed by atoms with Gasteiger partial charge in [0.2, 0.25) is 5.91 Å². The zero-order valence-electron chi connectivity index (χ0n) is 6.96. The monoisotopic (exact) mass is 145 g/mol. The third kappa shape index (κ3) is 2.33. The minimum absolute atomic E-state index is 0.241. The number of likely N-dealkylation sites (N-methyl/N-ethyl adjacent to an activating group) is 1. The van der Waals surface area contributed by atoms with Crippen LogP contribution in [0.1, 0.15) is 6.92 Å². The molecule has 0 spiro atoms. The summed E-state index contributed by atoms with van der Waals surface area (Å²) in [5.41, 5.74) is 5.07. The molecule has 0 aromatic rings. The van der Waals surface area contributed by atoms with Crippen LogP contribution in [0, 0.1) is 0 Å². The SMILES string of the molecule is C[C@@H](C(N)=O)N(C)N(C)C. The van der Waals surface area contributed by atoms with Gasteiger partial charge in [0, 0.05) is 21.1 Å². The number of rotatable bonds is 3. The summed E-state index contributed by atoms with van der Waals surface area (Å²) in [6.45, 7) is 1.77. The van der Waals surface area contributed by atoms with Crippen LogP contribution in [-0.4, -0.2) is 43.1 Å². The van der Waals surface area contributed by atoms with Gasteiger partial charge in [-0.25, -0.2) is 10.0 Å². The number of nitrogens with two attached hydrogens (primary N) is 1. The van der Waals surface area contributed by atoms with Crippen molar-refractivity contribution in [3.05, 3.63) is 0 Å². The molecule has 10 heavy (non-hydrogen) atoms. The summed E-state index contributed by atoms with van der Waals surface area (Å²) in [5, 5.41) is 3.58. The summed E-state index contributed by atoms with van der Waals surface area (Å²) in [4.78, 5) is 10.6. The molecule has 0 rings (SSSR count). The number of carbonyl (C=O) groups is 1. The maximum Gasteiger partial charge on any atom is 0.235 e. The van der Waals surface area contributed by atoms with Gasteiger partial charge >= 0.3 is 0 Å². The van der Waals surface area contributed by atoms with Crippen LogP contribution >= 0.6 is 0 Å². The first-order valence-electron chi connectivity index (χ1n) is 3.16. The van der Waals surface area contributed by atoms with Gasteiger partial charge in [-0.1, -0.05) is 0 Å². The second-order valence-corrected chi connectivity index (χ2v) is 2.50. The summed E-state index contributed by atoms with van der Waals surface area (Å²) in [6.07, 6.45) is 0. The van der Waals surface area contributed by atoms with E-state index in [9.17, 15) is 4.79 Å². The molecular formula is C6H15N3O. The first-order chi connectivity index (χ1) is 4.46. The molecule has 0 fully saturated rings. The molecule has 2 N–H and O–H groups in total. The van der Waals surface area contributed by atoms with E-state index in [4.69, 9.17) is 5.73 Å². The molecule has 0 radical (unpaired) electrons. The lowest BCUT2D eigenvalue weighted by atomic mass is 10.3. The molecule has 0 saturated carbocycles. The number of primary amides is 1. The number of carbonyl (C=O) groups excluding carboxylic acids is 1. The number of hydrogen-bond acceptors (Lipinski definition) is 3. The Morgan fingerprint density at radius 2 is 1.80 bits per heavy atom. The Bertz CT molecular complexity index is 124. The number of hydrazine groups is 1. The zero-order chi connectivity index (χ0) is 8.31. The molecule has 0 aliphatic heterocycles. The van der Waals surface area contributed by atoms with Gasteiger partial charge in [-0.3, -0.25) is 4.79 Å². The van der Waals surface area contributed by atoms with E-state index < -0.39 is 0 Å². The van der Waals surface area contributed by atoms with Crippen molar-refractivity contribution in [3.8, 4) is 0 Å². The third-order valence-electron chi connectivity index (χ3n) is 1.60. The predicted octanol–water partition coefficient (Wildman–Crippen LogP) is -0.731. The third-order valence-corrected chi connectivity index (χ3v) is 1.60. The molecule has 0 saturated heterocycles. The normalized spacial score (nSPS) is 14.2. The van der Waals surface area contributed by atoms with E-state index in [2.05, 4.69) is 0 Å². The Balaban J connectivity index is 3.94. The van der Waals surface area contributed by atoms with E-state index in [1.165, 1.54) is 0 Å². The average molecular weight is 145 g/mol. The molecular weight excluding hydrogens is 130 g/mol. The predicted molar refractivity (Wildman–Crippen MR) is 40.1 cm³/mol. The summed E-state index contributed by atoms with van der Waals surface area (Å²) in [5.74, 6) is -0.309. The Morgan fingerprint density at radius 3 is 1.90 bits per heavy atom. The molecule has 0 unspecified atom stereocenters. The van der Waals surface area contributed by atoms with Crippen molar-refractivity contribution in [1.82, 2.24) is 10.0 Å². The average Bonchev–Trinajstić information content (AvgIpc) is 1.84. The van der Waals surface area contributed by atoms with Crippen LogP contribution in [0.15, 0.2) is 0 Å². The number of nitrogens with zero attached hydrogens (tertiary/aromatic N) is 2. The Morgan fingerprint density at radius 1 is 1.40 bits per heavy atom. The maximum absolute atomic E-state index is 10.6. The maximum atomic E-state index is 10.6. The minimum atomic E-state index is -0.309. The summed E-state index contributed by atoms with van der Waals surface area (Å²) < 4.78 is 0. The fourth-order valence-electron chi connectivity index (χ4n) is 0.531. The highest BCUT2D eigenvalue weighted by Gasteiger charge is 2.15. The molecule has 0 aromatic carbocycles. The van der Waals surface area contributed by atoms with Gasteiger partial charge in [-0.05, 0) is 6.92 Å². The van der Waals surface area contributed by atoms with Crippen molar-refractivity contribution in [1.29, 1.82) is 0 Å². The van der Waals surface area contributed by atoms with Gasteiger partial charge in [-0.2, -0.15) is 0 Å². The second-order valence-electron chi connectivity index (χ2n) is 2.50. The first kappa shape index (κ1) is 9.39. The lowest BCUT2D eigenvalue weighted by molar-refractivity contribution is -0.127. The standard InChI is InChI=1S/C6H15N3O/c1-5(6(7)10)9(4)8(2)3/h5H,1-4H3,(H2,7,10)/t5-/m0/s1. The minimum Gasteiger partial charge on any atom is -0.368 e. The number of amides is 1. The Labute approximate surface area is 61.6 Å². The fourth-order valence-corrected chi connectivity index (χ4v) is 0.531. The highest BCUT2D eigenvalue weighted by Crippen LogP contribution is 1.94. The van der Waals surface area contributed by atoms with Gasteiger partial charge < -0.3 is 5.73 Å². The van der Waals surface area contributed by atoms with Crippen LogP contribution in [0.4, 0.5) is 0 Å². The summed E-state index contributed by atoms with van der Waals surface area (Å²) >= 11 is 0. The van der Waals surface area contributed by atoms with Crippen molar-refractivity contribution < 1.29 is 4.79 Å². The molecule has 0 heterocycles. The molecule has 60 valence electrons. The lowest BCUT2D eigenvalue weighted by Crippen LogP contribution is -2.46. The molecule has 0 bridgehead atoms. The highest BCUT2D eigenvalue weighted by atomic mass is 16.1. The molecule has 4 nitrogen and oxygen atoms in total. The van der Waals surface area contributed by atoms with Crippen LogP contribution in [0.3, 0.4) is 0 Å². The van der Waals surface area contributed by atoms with Gasteiger partial charge in [0.15, 0.2) is 0 Å². The number of hydrogen-bond donors (Lipinski definition) is 1. The van der Waals surface area contributed by atoms with E-state index in [1.54, 1.807) is 11.9 Å². The van der Waals surface area contributed by atoms with Crippen molar-refractivity contribution in [3.63, 3.8) is 0 Å². The topological polar surface area (TPSA) is 49.6 Å². The Kier molecular flexibility index (Phi) is 3.32. The quantitative estimate of drug-likeness (QED) is 0.533. The van der Waals surface area contributed by atoms with E-state index in [1.807, 2.05) is 26.2 Å². The van der Waals surface area contributed by atoms with E-state index in [0.717, 1.165) is 0 Å². The summed E-state index contributed by atoms with van der Waals surface area (Å²) in [6, 6.07) is -0.241. The second kappa shape index (κ2) is 3.53. The van der Waals surface area contributed by atoms with Gasteiger partial charge in [-0.15, -0.1) is 0 Å². The van der Waals surface area contributed by atoms with E-state index >= 15 is 0 Å². The first-order valence-corrected chi connectivity index (χ1v) is 3.16. The Hall–Kier alpha value is -0.610. The van der Waals surface area contributed by atoms with Crippen LogP contribution in [0.5, 0.6) is 0 Å². The molecule has 1 amide bonds. The van der Waals surface area contributed by atoms with E-state index in [0.29, 0.717) is 0 Å². The molecule has 1 atom stereocenters. The van der Waals surface area contributed by atoms with E-state index in [-0.39, 0.29) is 11.9 Å². The lowest BCUT2D eigenvalue weighted by Gasteiger charge is -2.28. The van der Waals surface area contributed by atoms with Crippen molar-refractivity contribution >= 4 is 5.91 Å². The highest BCUT2D eigenvalue weighted by molar-refractivity contribution is 5.79. The zero-order valence-corrected chi connectivity index (χ0v) is 6.96. The molecule has 0 aliphatic carbocycles. The summed E-state index contributed by atoms with van der Waals surface area (Å²) in [7, 11) is 5.54. The largest absolute Gasteiger partial charge is 0.368 e. The van der Waals surface area contributed by atoms with Gasteiger partial charge in [0.1, 0.15) is 0 Å². The van der Waals surface area contributed by atoms with Crippen LogP contribution in [-0.2, 0) is 4.79 Å². The van der Waals surface area contributed by atoms with Crippen molar-refractivity contribution in [2.75, 3.05) is 21.1 Å². The smallest absolute Gasteiger partial charge is 0.235 e. The fraction of sp³-hybridized carbons (Fsp3) is 0.833. The molecule has 0 aliphatic rings. The van der Waals surface area contributed by atoms with Crippen LogP contribution in [0.2, 0.25) is 0 Å². The van der Waals surface area contributed by atoms with Crippen LogP contribution < -0.4 is 5.73 Å². The van der Waals surface area contributed by atoms with Gasteiger partial charge in [0.25, 0.3) is 0 Å². The molecule has 0 aromatic heterocycles. The van der Waals surface area contributed by atoms with Crippen LogP contribution in [0.25, 0.3) is 0 Å². The molecule has 4 heteroatoms. The van der Waals surface area contributed by atoms with Crippen molar-refractivity contribution in [2.24, 2.45) is 5.73 Å². The van der Waals surface area contributed by atoms with Crippen molar-refractivity contribution in [2.45, 2.75) is 13.0 Å². The van der Waals surface area contributed by atoms with Gasteiger partial charge in [0.05, 0.1) is 6.04 Å².